The molecule has 0 bridgehead atoms. The van der Waals surface area contributed by atoms with Crippen LogP contribution in [0.1, 0.15) is 58.9 Å². The van der Waals surface area contributed by atoms with Crippen molar-refractivity contribution in [1.29, 1.82) is 0 Å². The fraction of sp³-hybridized carbons (Fsp3) is 0.667. The molecule has 0 saturated heterocycles. The van der Waals surface area contributed by atoms with Gasteiger partial charge in [0.05, 0.1) is 0 Å². The molecular formula is C18H30FN. The van der Waals surface area contributed by atoms with Crippen molar-refractivity contribution in [2.24, 2.45) is 5.41 Å². The Labute approximate surface area is 124 Å². The van der Waals surface area contributed by atoms with E-state index in [0.29, 0.717) is 6.04 Å². The van der Waals surface area contributed by atoms with Crippen molar-refractivity contribution < 1.29 is 4.39 Å². The minimum atomic E-state index is -0.0635. The van der Waals surface area contributed by atoms with E-state index in [4.69, 9.17) is 0 Å². The van der Waals surface area contributed by atoms with Crippen molar-refractivity contribution >= 4 is 0 Å². The van der Waals surface area contributed by atoms with Crippen LogP contribution in [-0.4, -0.2) is 12.6 Å². The summed E-state index contributed by atoms with van der Waals surface area (Å²) in [6.45, 7) is 9.76. The zero-order chi connectivity index (χ0) is 15.0. The molecule has 1 rings (SSSR count). The van der Waals surface area contributed by atoms with Gasteiger partial charge in [0.25, 0.3) is 0 Å². The van der Waals surface area contributed by atoms with Gasteiger partial charge in [-0.3, -0.25) is 0 Å². The van der Waals surface area contributed by atoms with Gasteiger partial charge in [0, 0.05) is 12.6 Å². The highest BCUT2D eigenvalue weighted by atomic mass is 19.1. The van der Waals surface area contributed by atoms with Crippen molar-refractivity contribution in [3.05, 3.63) is 35.6 Å². The van der Waals surface area contributed by atoms with E-state index < -0.39 is 0 Å². The lowest BCUT2D eigenvalue weighted by Crippen LogP contribution is -2.39. The lowest BCUT2D eigenvalue weighted by Gasteiger charge is -2.34. The van der Waals surface area contributed by atoms with E-state index in [1.165, 1.54) is 12.8 Å². The number of rotatable bonds is 9. The molecule has 0 fully saturated rings. The molecule has 1 N–H and O–H groups in total. The summed E-state index contributed by atoms with van der Waals surface area (Å²) in [6.07, 6.45) is 5.48. The van der Waals surface area contributed by atoms with Crippen LogP contribution >= 0.6 is 0 Å². The van der Waals surface area contributed by atoms with Gasteiger partial charge < -0.3 is 5.32 Å². The minimum Gasteiger partial charge on any atom is -0.314 e. The Morgan fingerprint density at radius 3 is 2.45 bits per heavy atom. The topological polar surface area (TPSA) is 12.0 Å². The third-order valence-electron chi connectivity index (χ3n) is 4.22. The molecule has 0 aliphatic rings. The van der Waals surface area contributed by atoms with E-state index in [-0.39, 0.29) is 11.2 Å². The van der Waals surface area contributed by atoms with Crippen molar-refractivity contribution in [3.8, 4) is 0 Å². The maximum atomic E-state index is 14.0. The van der Waals surface area contributed by atoms with Gasteiger partial charge in [-0.05, 0) is 36.3 Å². The van der Waals surface area contributed by atoms with Crippen molar-refractivity contribution in [1.82, 2.24) is 5.32 Å². The largest absolute Gasteiger partial charge is 0.314 e. The number of unbranched alkanes of at least 4 members (excludes halogenated alkanes) is 1. The zero-order valence-electron chi connectivity index (χ0n) is 13.5. The minimum absolute atomic E-state index is 0.0635. The molecular weight excluding hydrogens is 249 g/mol. The Kier molecular flexibility index (Phi) is 7.22. The van der Waals surface area contributed by atoms with Gasteiger partial charge in [-0.1, -0.05) is 58.7 Å². The molecule has 2 heteroatoms. The zero-order valence-corrected chi connectivity index (χ0v) is 13.5. The second kappa shape index (κ2) is 8.41. The van der Waals surface area contributed by atoms with Crippen LogP contribution in [0.5, 0.6) is 0 Å². The van der Waals surface area contributed by atoms with E-state index in [9.17, 15) is 4.39 Å². The first kappa shape index (κ1) is 17.2. The lowest BCUT2D eigenvalue weighted by atomic mass is 9.75. The van der Waals surface area contributed by atoms with E-state index in [2.05, 4.69) is 33.0 Å². The number of benzene rings is 1. The lowest BCUT2D eigenvalue weighted by molar-refractivity contribution is 0.220. The Hall–Kier alpha value is -0.890. The van der Waals surface area contributed by atoms with Gasteiger partial charge in [0.15, 0.2) is 0 Å². The van der Waals surface area contributed by atoms with Crippen LogP contribution in [0.2, 0.25) is 0 Å². The number of nitrogens with one attached hydrogen (secondary N) is 1. The van der Waals surface area contributed by atoms with Crippen molar-refractivity contribution in [3.63, 3.8) is 0 Å². The quantitative estimate of drug-likeness (QED) is 0.674. The molecule has 0 aliphatic carbocycles. The van der Waals surface area contributed by atoms with Crippen LogP contribution in [0, 0.1) is 11.2 Å². The molecule has 0 spiro atoms. The Morgan fingerprint density at radius 2 is 1.90 bits per heavy atom. The molecule has 0 radical (unpaired) electrons. The van der Waals surface area contributed by atoms with E-state index >= 15 is 0 Å². The third-order valence-corrected chi connectivity index (χ3v) is 4.22. The number of hydrogen-bond acceptors (Lipinski definition) is 1. The predicted octanol–water partition coefficient (Wildman–Crippen LogP) is 4.95. The first-order chi connectivity index (χ1) is 9.53. The van der Waals surface area contributed by atoms with Crippen LogP contribution in [0.4, 0.5) is 4.39 Å². The first-order valence-corrected chi connectivity index (χ1v) is 8.00. The molecule has 1 aromatic carbocycles. The van der Waals surface area contributed by atoms with Crippen LogP contribution in [0.3, 0.4) is 0 Å². The summed E-state index contributed by atoms with van der Waals surface area (Å²) >= 11 is 0. The van der Waals surface area contributed by atoms with Crippen LogP contribution in [-0.2, 0) is 6.42 Å². The number of halogens is 1. The summed E-state index contributed by atoms with van der Waals surface area (Å²) in [6, 6.07) is 7.69. The van der Waals surface area contributed by atoms with Gasteiger partial charge in [-0.15, -0.1) is 0 Å². The summed E-state index contributed by atoms with van der Waals surface area (Å²) in [7, 11) is 0. The van der Waals surface area contributed by atoms with E-state index in [1.54, 1.807) is 12.1 Å². The molecule has 0 aromatic heterocycles. The molecule has 1 aromatic rings. The highest BCUT2D eigenvalue weighted by Gasteiger charge is 2.28. The van der Waals surface area contributed by atoms with Crippen LogP contribution in [0.15, 0.2) is 24.3 Å². The number of hydrogen-bond donors (Lipinski definition) is 1. The van der Waals surface area contributed by atoms with Crippen molar-refractivity contribution in [2.75, 3.05) is 6.54 Å². The average molecular weight is 279 g/mol. The van der Waals surface area contributed by atoms with Gasteiger partial charge >= 0.3 is 0 Å². The van der Waals surface area contributed by atoms with Gasteiger partial charge in [0.2, 0.25) is 0 Å². The highest BCUT2D eigenvalue weighted by molar-refractivity contribution is 5.19. The van der Waals surface area contributed by atoms with Gasteiger partial charge in [-0.2, -0.15) is 0 Å². The molecule has 114 valence electrons. The van der Waals surface area contributed by atoms with Gasteiger partial charge in [0.1, 0.15) is 5.82 Å². The smallest absolute Gasteiger partial charge is 0.126 e. The average Bonchev–Trinajstić information content (AvgIpc) is 2.44. The predicted molar refractivity (Wildman–Crippen MR) is 85.5 cm³/mol. The Bertz CT molecular complexity index is 389. The summed E-state index contributed by atoms with van der Waals surface area (Å²) in [5, 5.41) is 3.56. The van der Waals surface area contributed by atoms with E-state index in [0.717, 1.165) is 31.4 Å². The first-order valence-electron chi connectivity index (χ1n) is 8.00. The summed E-state index contributed by atoms with van der Waals surface area (Å²) in [4.78, 5) is 0. The second-order valence-corrected chi connectivity index (χ2v) is 6.26. The fourth-order valence-electron chi connectivity index (χ4n) is 2.68. The molecule has 1 atom stereocenters. The summed E-state index contributed by atoms with van der Waals surface area (Å²) < 4.78 is 14.0. The maximum absolute atomic E-state index is 14.0. The highest BCUT2D eigenvalue weighted by Crippen LogP contribution is 2.33. The Balaban J connectivity index is 2.87. The SMILES string of the molecule is CCCCC(CC)(CNC(C)C)Cc1ccccc1F. The van der Waals surface area contributed by atoms with E-state index in [1.807, 2.05) is 12.1 Å². The molecule has 1 nitrogen and oxygen atoms in total. The molecule has 0 heterocycles. The standard InChI is InChI=1S/C18H30FN/c1-5-7-12-18(6-2,14-20-15(3)4)13-16-10-8-9-11-17(16)19/h8-11,15,20H,5-7,12-14H2,1-4H3. The summed E-state index contributed by atoms with van der Waals surface area (Å²) in [5.74, 6) is -0.0635. The second-order valence-electron chi connectivity index (χ2n) is 6.26. The fourth-order valence-corrected chi connectivity index (χ4v) is 2.68. The van der Waals surface area contributed by atoms with Gasteiger partial charge in [-0.25, -0.2) is 4.39 Å². The molecule has 0 aliphatic heterocycles. The molecule has 1 unspecified atom stereocenters. The normalized spacial score (nSPS) is 14.5. The van der Waals surface area contributed by atoms with Crippen LogP contribution in [0.25, 0.3) is 0 Å². The molecule has 20 heavy (non-hydrogen) atoms. The van der Waals surface area contributed by atoms with Crippen molar-refractivity contribution in [2.45, 2.75) is 65.8 Å². The maximum Gasteiger partial charge on any atom is 0.126 e. The molecule has 0 saturated carbocycles. The summed E-state index contributed by atoms with van der Waals surface area (Å²) in [5.41, 5.74) is 1.03. The Morgan fingerprint density at radius 1 is 1.20 bits per heavy atom. The van der Waals surface area contributed by atoms with Crippen LogP contribution < -0.4 is 5.32 Å². The molecule has 0 amide bonds. The monoisotopic (exact) mass is 279 g/mol. The third kappa shape index (κ3) is 5.24.